The summed E-state index contributed by atoms with van der Waals surface area (Å²) < 4.78 is 1.08. The van der Waals surface area contributed by atoms with E-state index in [-0.39, 0.29) is 5.43 Å². The van der Waals surface area contributed by atoms with E-state index in [9.17, 15) is 4.79 Å². The van der Waals surface area contributed by atoms with Gasteiger partial charge in [-0.2, -0.15) is 0 Å². The van der Waals surface area contributed by atoms with Gasteiger partial charge in [0.2, 0.25) is 5.43 Å². The molecule has 0 radical (unpaired) electrons. The molecule has 94 valence electrons. The molecule has 1 aliphatic heterocycles. The number of hydrogen-bond donors (Lipinski definition) is 0. The number of rotatable bonds is 1. The van der Waals surface area contributed by atoms with Crippen molar-refractivity contribution in [2.75, 3.05) is 11.4 Å². The largest absolute Gasteiger partial charge is 0.365 e. The second-order valence-corrected chi connectivity index (χ2v) is 5.90. The molecule has 1 atom stereocenters. The van der Waals surface area contributed by atoms with Crippen molar-refractivity contribution in [3.8, 4) is 0 Å². The molecule has 0 spiro atoms. The molecule has 3 rings (SSSR count). The maximum Gasteiger partial charge on any atom is 0.211 e. The topological polar surface area (TPSA) is 20.3 Å². The Bertz CT molecular complexity index is 619. The molecule has 2 aromatic rings. The van der Waals surface area contributed by atoms with Crippen molar-refractivity contribution in [3.05, 3.63) is 39.9 Å². The van der Waals surface area contributed by atoms with Crippen LogP contribution in [-0.2, 0) is 0 Å². The van der Waals surface area contributed by atoms with Crippen LogP contribution in [0.2, 0.25) is 0 Å². The van der Waals surface area contributed by atoms with Crippen molar-refractivity contribution in [2.24, 2.45) is 0 Å². The first kappa shape index (κ1) is 11.7. The van der Waals surface area contributed by atoms with Gasteiger partial charge in [-0.15, -0.1) is 11.3 Å². The molecule has 1 aliphatic rings. The first-order valence-corrected chi connectivity index (χ1v) is 7.42. The van der Waals surface area contributed by atoms with Crippen molar-refractivity contribution < 1.29 is 0 Å². The number of nitrogens with zero attached hydrogens (tertiary/aromatic N) is 1. The fraction of sp³-hybridized carbons (Fsp3) is 0.400. The third-order valence-corrected chi connectivity index (χ3v) is 4.73. The molecule has 0 amide bonds. The maximum atomic E-state index is 12.5. The van der Waals surface area contributed by atoms with Crippen LogP contribution in [0.25, 0.3) is 10.1 Å². The van der Waals surface area contributed by atoms with E-state index in [1.54, 1.807) is 11.3 Å². The Balaban J connectivity index is 2.12. The lowest BCUT2D eigenvalue weighted by molar-refractivity contribution is 0.484. The highest BCUT2D eigenvalue weighted by atomic mass is 32.1. The summed E-state index contributed by atoms with van der Waals surface area (Å²) in [4.78, 5) is 14.8. The van der Waals surface area contributed by atoms with Gasteiger partial charge < -0.3 is 4.90 Å². The van der Waals surface area contributed by atoms with E-state index in [2.05, 4.69) is 11.8 Å². The lowest BCUT2D eigenvalue weighted by atomic mass is 10.0. The first-order valence-electron chi connectivity index (χ1n) is 6.54. The average molecular weight is 259 g/mol. The normalized spacial score (nSPS) is 20.3. The van der Waals surface area contributed by atoms with Crippen LogP contribution < -0.4 is 10.3 Å². The molecule has 0 aliphatic carbocycles. The molecule has 1 aromatic carbocycles. The molecule has 1 aromatic heterocycles. The Labute approximate surface area is 111 Å². The molecular weight excluding hydrogens is 242 g/mol. The molecular formula is C15H17NOS. The summed E-state index contributed by atoms with van der Waals surface area (Å²) in [6.45, 7) is 3.24. The fourth-order valence-corrected chi connectivity index (χ4v) is 3.65. The molecule has 0 saturated carbocycles. The van der Waals surface area contributed by atoms with Crippen LogP contribution in [0.4, 0.5) is 5.69 Å². The van der Waals surface area contributed by atoms with Gasteiger partial charge in [0.15, 0.2) is 0 Å². The Hall–Kier alpha value is -1.35. The Morgan fingerprint density at radius 3 is 2.94 bits per heavy atom. The van der Waals surface area contributed by atoms with Gasteiger partial charge in [0.1, 0.15) is 0 Å². The molecule has 0 unspecified atom stereocenters. The van der Waals surface area contributed by atoms with Gasteiger partial charge >= 0.3 is 0 Å². The van der Waals surface area contributed by atoms with Crippen LogP contribution in [0.5, 0.6) is 0 Å². The zero-order chi connectivity index (χ0) is 12.5. The van der Waals surface area contributed by atoms with E-state index in [1.165, 1.54) is 19.3 Å². The Morgan fingerprint density at radius 2 is 2.11 bits per heavy atom. The Kier molecular flexibility index (Phi) is 3.08. The van der Waals surface area contributed by atoms with E-state index in [0.29, 0.717) is 6.04 Å². The molecule has 1 saturated heterocycles. The maximum absolute atomic E-state index is 12.5. The SMILES string of the molecule is C[C@@H]1CCCCN1c1csc2ccccc2c1=O. The van der Waals surface area contributed by atoms with Crippen molar-refractivity contribution in [2.45, 2.75) is 32.2 Å². The van der Waals surface area contributed by atoms with E-state index < -0.39 is 0 Å². The van der Waals surface area contributed by atoms with Crippen LogP contribution in [0, 0.1) is 0 Å². The summed E-state index contributed by atoms with van der Waals surface area (Å²) in [5.74, 6) is 0. The monoisotopic (exact) mass is 259 g/mol. The molecule has 3 heteroatoms. The zero-order valence-corrected chi connectivity index (χ0v) is 11.4. The highest BCUT2D eigenvalue weighted by molar-refractivity contribution is 7.16. The van der Waals surface area contributed by atoms with Gasteiger partial charge in [0.25, 0.3) is 0 Å². The summed E-state index contributed by atoms with van der Waals surface area (Å²) >= 11 is 1.67. The number of anilines is 1. The van der Waals surface area contributed by atoms with Gasteiger partial charge in [0, 0.05) is 28.1 Å². The summed E-state index contributed by atoms with van der Waals surface area (Å²) in [5.41, 5.74) is 1.09. The van der Waals surface area contributed by atoms with Crippen molar-refractivity contribution in [1.82, 2.24) is 0 Å². The molecule has 18 heavy (non-hydrogen) atoms. The quantitative estimate of drug-likeness (QED) is 0.779. The smallest absolute Gasteiger partial charge is 0.211 e. The second kappa shape index (κ2) is 4.73. The van der Waals surface area contributed by atoms with Gasteiger partial charge in [-0.3, -0.25) is 4.79 Å². The van der Waals surface area contributed by atoms with E-state index >= 15 is 0 Å². The van der Waals surface area contributed by atoms with E-state index in [1.807, 2.05) is 29.6 Å². The number of piperidine rings is 1. The summed E-state index contributed by atoms with van der Waals surface area (Å²) in [6, 6.07) is 8.37. The van der Waals surface area contributed by atoms with Gasteiger partial charge in [-0.05, 0) is 38.3 Å². The number of fused-ring (bicyclic) bond motifs is 1. The Morgan fingerprint density at radius 1 is 1.28 bits per heavy atom. The van der Waals surface area contributed by atoms with Crippen LogP contribution in [-0.4, -0.2) is 12.6 Å². The lowest BCUT2D eigenvalue weighted by Gasteiger charge is -2.34. The molecule has 1 fully saturated rings. The minimum atomic E-state index is 0.193. The highest BCUT2D eigenvalue weighted by Gasteiger charge is 2.21. The standard InChI is InChI=1S/C15H17NOS/c1-11-6-4-5-9-16(11)13-10-18-14-8-3-2-7-12(14)15(13)17/h2-3,7-8,10-11H,4-6,9H2,1H3/t11-/m1/s1. The summed E-state index contributed by atoms with van der Waals surface area (Å²) in [7, 11) is 0. The average Bonchev–Trinajstić information content (AvgIpc) is 2.41. The lowest BCUT2D eigenvalue weighted by Crippen LogP contribution is -2.39. The fourth-order valence-electron chi connectivity index (χ4n) is 2.72. The predicted molar refractivity (Wildman–Crippen MR) is 78.8 cm³/mol. The molecule has 2 nitrogen and oxygen atoms in total. The third-order valence-electron chi connectivity index (χ3n) is 3.77. The first-order chi connectivity index (χ1) is 8.77. The molecule has 0 N–H and O–H groups in total. The van der Waals surface area contributed by atoms with E-state index in [0.717, 1.165) is 22.3 Å². The number of benzene rings is 1. The third kappa shape index (κ3) is 1.93. The van der Waals surface area contributed by atoms with Crippen LogP contribution >= 0.6 is 11.3 Å². The molecule has 0 bridgehead atoms. The van der Waals surface area contributed by atoms with Crippen molar-refractivity contribution >= 4 is 27.1 Å². The summed E-state index contributed by atoms with van der Waals surface area (Å²) in [6.07, 6.45) is 3.67. The second-order valence-electron chi connectivity index (χ2n) is 4.98. The van der Waals surface area contributed by atoms with E-state index in [4.69, 9.17) is 0 Å². The number of hydrogen-bond acceptors (Lipinski definition) is 3. The van der Waals surface area contributed by atoms with Gasteiger partial charge in [-0.25, -0.2) is 0 Å². The van der Waals surface area contributed by atoms with Gasteiger partial charge in [0.05, 0.1) is 5.69 Å². The highest BCUT2D eigenvalue weighted by Crippen LogP contribution is 2.26. The van der Waals surface area contributed by atoms with Crippen LogP contribution in [0.3, 0.4) is 0 Å². The predicted octanol–water partition coefficient (Wildman–Crippen LogP) is 3.64. The minimum Gasteiger partial charge on any atom is -0.365 e. The van der Waals surface area contributed by atoms with Crippen molar-refractivity contribution in [1.29, 1.82) is 0 Å². The molecule has 2 heterocycles. The van der Waals surface area contributed by atoms with Crippen LogP contribution in [0.15, 0.2) is 34.4 Å². The van der Waals surface area contributed by atoms with Crippen molar-refractivity contribution in [3.63, 3.8) is 0 Å². The summed E-state index contributed by atoms with van der Waals surface area (Å²) in [5, 5.41) is 2.89. The van der Waals surface area contributed by atoms with Crippen LogP contribution in [0.1, 0.15) is 26.2 Å². The zero-order valence-electron chi connectivity index (χ0n) is 10.6. The van der Waals surface area contributed by atoms with Gasteiger partial charge in [-0.1, -0.05) is 12.1 Å². The minimum absolute atomic E-state index is 0.193.